The van der Waals surface area contributed by atoms with Crippen LogP contribution in [0, 0.1) is 20.8 Å². The van der Waals surface area contributed by atoms with E-state index in [0.717, 1.165) is 21.0 Å². The van der Waals surface area contributed by atoms with Crippen molar-refractivity contribution in [2.75, 3.05) is 11.8 Å². The van der Waals surface area contributed by atoms with Gasteiger partial charge in [0.2, 0.25) is 0 Å². The zero-order valence-corrected chi connectivity index (χ0v) is 14.2. The molecule has 0 aromatic carbocycles. The van der Waals surface area contributed by atoms with E-state index in [2.05, 4.69) is 15.0 Å². The Bertz CT molecular complexity index is 731. The van der Waals surface area contributed by atoms with E-state index in [9.17, 15) is 8.42 Å². The quantitative estimate of drug-likeness (QED) is 0.886. The first kappa shape index (κ1) is 15.9. The molecule has 0 radical (unpaired) electrons. The number of nitrogens with zero attached hydrogens (tertiary/aromatic N) is 1. The maximum Gasteiger partial charge on any atom is 0.264 e. The molecule has 0 bridgehead atoms. The largest absolute Gasteiger partial charge is 0.315 e. The molecule has 114 valence electrons. The molecule has 0 aliphatic rings. The number of rotatable bonds is 5. The van der Waals surface area contributed by atoms with Gasteiger partial charge < -0.3 is 5.32 Å². The number of hydrogen-bond donors (Lipinski definition) is 2. The zero-order chi connectivity index (χ0) is 15.6. The highest BCUT2D eigenvalue weighted by molar-refractivity contribution is 7.93. The number of thiophene rings is 1. The number of aromatic nitrogens is 1. The molecule has 0 fully saturated rings. The third-order valence-electron chi connectivity index (χ3n) is 2.90. The van der Waals surface area contributed by atoms with Crippen molar-refractivity contribution in [3.8, 4) is 0 Å². The molecular formula is C14H19N3O2S2. The molecule has 0 saturated heterocycles. The van der Waals surface area contributed by atoms with Crippen LogP contribution in [0.4, 0.5) is 5.82 Å². The van der Waals surface area contributed by atoms with Crippen LogP contribution in [-0.4, -0.2) is 20.4 Å². The first-order valence-corrected chi connectivity index (χ1v) is 8.84. The summed E-state index contributed by atoms with van der Waals surface area (Å²) in [5, 5.41) is 3.02. The maximum absolute atomic E-state index is 12.5. The summed E-state index contributed by atoms with van der Waals surface area (Å²) in [6.45, 7) is 6.22. The van der Waals surface area contributed by atoms with E-state index in [0.29, 0.717) is 17.3 Å². The predicted octanol–water partition coefficient (Wildman–Crippen LogP) is 2.59. The van der Waals surface area contributed by atoms with Gasteiger partial charge in [-0.05, 0) is 51.6 Å². The summed E-state index contributed by atoms with van der Waals surface area (Å²) in [6, 6.07) is 5.33. The fourth-order valence-electron chi connectivity index (χ4n) is 2.14. The average molecular weight is 325 g/mol. The fourth-order valence-corrected chi connectivity index (χ4v) is 4.78. The molecular weight excluding hydrogens is 306 g/mol. The first-order valence-electron chi connectivity index (χ1n) is 6.54. The van der Waals surface area contributed by atoms with Gasteiger partial charge in [0, 0.05) is 22.0 Å². The van der Waals surface area contributed by atoms with E-state index < -0.39 is 10.0 Å². The van der Waals surface area contributed by atoms with Crippen LogP contribution in [0.15, 0.2) is 23.1 Å². The molecule has 2 N–H and O–H groups in total. The summed E-state index contributed by atoms with van der Waals surface area (Å²) >= 11 is 1.48. The molecule has 2 aromatic heterocycles. The maximum atomic E-state index is 12.5. The summed E-state index contributed by atoms with van der Waals surface area (Å²) in [5.41, 5.74) is 1.75. The summed E-state index contributed by atoms with van der Waals surface area (Å²) in [7, 11) is -1.77. The topological polar surface area (TPSA) is 71.1 Å². The summed E-state index contributed by atoms with van der Waals surface area (Å²) in [4.78, 5) is 6.30. The lowest BCUT2D eigenvalue weighted by atomic mass is 10.2. The lowest BCUT2D eigenvalue weighted by molar-refractivity contribution is 0.601. The van der Waals surface area contributed by atoms with Gasteiger partial charge in [-0.15, -0.1) is 11.3 Å². The highest BCUT2D eigenvalue weighted by atomic mass is 32.2. The number of sulfonamides is 1. The Kier molecular flexibility index (Phi) is 4.65. The van der Waals surface area contributed by atoms with Gasteiger partial charge in [0.05, 0.1) is 0 Å². The van der Waals surface area contributed by atoms with Crippen LogP contribution >= 0.6 is 11.3 Å². The van der Waals surface area contributed by atoms with Crippen molar-refractivity contribution in [3.63, 3.8) is 0 Å². The second-order valence-corrected chi connectivity index (χ2v) is 7.93. The van der Waals surface area contributed by atoms with E-state index >= 15 is 0 Å². The Morgan fingerprint density at radius 3 is 2.52 bits per heavy atom. The third kappa shape index (κ3) is 3.81. The molecule has 7 heteroatoms. The number of nitrogens with one attached hydrogen (secondary N) is 2. The van der Waals surface area contributed by atoms with Crippen molar-refractivity contribution < 1.29 is 8.42 Å². The molecule has 0 spiro atoms. The average Bonchev–Trinajstić information content (AvgIpc) is 2.69. The third-order valence-corrected chi connectivity index (χ3v) is 5.56. The molecule has 2 rings (SSSR count). The van der Waals surface area contributed by atoms with Gasteiger partial charge in [-0.3, -0.25) is 4.72 Å². The standard InChI is InChI=1S/C14H19N3O2S2/c1-9-5-10(2)16-14(6-9)17-21(18,19)13-7-12(8-15-4)20-11(13)3/h5-7,15H,8H2,1-4H3,(H,16,17). The van der Waals surface area contributed by atoms with Crippen LogP contribution in [0.2, 0.25) is 0 Å². The van der Waals surface area contributed by atoms with Crippen LogP contribution in [-0.2, 0) is 16.6 Å². The second kappa shape index (κ2) is 6.13. The van der Waals surface area contributed by atoms with Gasteiger partial charge in [-0.1, -0.05) is 0 Å². The van der Waals surface area contributed by atoms with Gasteiger partial charge in [-0.25, -0.2) is 13.4 Å². The molecule has 0 atom stereocenters. The van der Waals surface area contributed by atoms with E-state index in [-0.39, 0.29) is 0 Å². The van der Waals surface area contributed by atoms with Gasteiger partial charge in [0.1, 0.15) is 10.7 Å². The zero-order valence-electron chi connectivity index (χ0n) is 12.5. The van der Waals surface area contributed by atoms with Crippen LogP contribution in [0.3, 0.4) is 0 Å². The van der Waals surface area contributed by atoms with Crippen LogP contribution in [0.5, 0.6) is 0 Å². The minimum atomic E-state index is -3.60. The molecule has 0 unspecified atom stereocenters. The van der Waals surface area contributed by atoms with Gasteiger partial charge in [0.25, 0.3) is 10.0 Å². The van der Waals surface area contributed by atoms with Gasteiger partial charge in [-0.2, -0.15) is 0 Å². The predicted molar refractivity (Wildman–Crippen MR) is 86.3 cm³/mol. The van der Waals surface area contributed by atoms with Crippen LogP contribution in [0.1, 0.15) is 21.0 Å². The summed E-state index contributed by atoms with van der Waals surface area (Å²) < 4.78 is 27.6. The SMILES string of the molecule is CNCc1cc(S(=O)(=O)Nc2cc(C)cc(C)n2)c(C)s1. The Morgan fingerprint density at radius 2 is 1.90 bits per heavy atom. The lowest BCUT2D eigenvalue weighted by Gasteiger charge is -2.08. The number of anilines is 1. The van der Waals surface area contributed by atoms with Crippen molar-refractivity contribution in [2.24, 2.45) is 0 Å². The van der Waals surface area contributed by atoms with Crippen molar-refractivity contribution in [1.29, 1.82) is 0 Å². The molecule has 0 aliphatic heterocycles. The van der Waals surface area contributed by atoms with Crippen LogP contribution in [0.25, 0.3) is 0 Å². The summed E-state index contributed by atoms with van der Waals surface area (Å²) in [6.07, 6.45) is 0. The molecule has 21 heavy (non-hydrogen) atoms. The first-order chi connectivity index (χ1) is 9.81. The minimum absolute atomic E-state index is 0.318. The van der Waals surface area contributed by atoms with Crippen molar-refractivity contribution in [2.45, 2.75) is 32.2 Å². The molecule has 0 saturated carbocycles. The Labute approximate surface area is 129 Å². The molecule has 5 nitrogen and oxygen atoms in total. The Hall–Kier alpha value is -1.44. The van der Waals surface area contributed by atoms with Crippen molar-refractivity contribution in [3.05, 3.63) is 39.2 Å². The van der Waals surface area contributed by atoms with Crippen molar-refractivity contribution >= 4 is 27.2 Å². The second-order valence-electron chi connectivity index (χ2n) is 4.94. The van der Waals surface area contributed by atoms with E-state index in [4.69, 9.17) is 0 Å². The van der Waals surface area contributed by atoms with Crippen LogP contribution < -0.4 is 10.0 Å². The smallest absolute Gasteiger partial charge is 0.264 e. The van der Waals surface area contributed by atoms with Gasteiger partial charge in [0.15, 0.2) is 0 Å². The summed E-state index contributed by atoms with van der Waals surface area (Å²) in [5.74, 6) is 0.355. The Morgan fingerprint density at radius 1 is 1.19 bits per heavy atom. The fraction of sp³-hybridized carbons (Fsp3) is 0.357. The normalized spacial score (nSPS) is 11.6. The number of hydrogen-bond acceptors (Lipinski definition) is 5. The number of pyridine rings is 1. The highest BCUT2D eigenvalue weighted by Crippen LogP contribution is 2.27. The minimum Gasteiger partial charge on any atom is -0.315 e. The monoisotopic (exact) mass is 325 g/mol. The van der Waals surface area contributed by atoms with E-state index in [1.165, 1.54) is 11.3 Å². The highest BCUT2D eigenvalue weighted by Gasteiger charge is 2.20. The molecule has 2 aromatic rings. The molecule has 0 aliphatic carbocycles. The molecule has 2 heterocycles. The van der Waals surface area contributed by atoms with E-state index in [1.807, 2.05) is 33.9 Å². The lowest BCUT2D eigenvalue weighted by Crippen LogP contribution is -2.14. The molecule has 0 amide bonds. The number of aryl methyl sites for hydroxylation is 3. The van der Waals surface area contributed by atoms with E-state index in [1.54, 1.807) is 12.1 Å². The Balaban J connectivity index is 2.33. The van der Waals surface area contributed by atoms with Gasteiger partial charge >= 0.3 is 0 Å². The van der Waals surface area contributed by atoms with Crippen molar-refractivity contribution in [1.82, 2.24) is 10.3 Å².